The molecule has 4 nitrogen and oxygen atoms in total. The van der Waals surface area contributed by atoms with Gasteiger partial charge in [0.15, 0.2) is 6.61 Å². The van der Waals surface area contributed by atoms with Gasteiger partial charge in [0, 0.05) is 13.1 Å². The summed E-state index contributed by atoms with van der Waals surface area (Å²) >= 11 is 4.95. The molecule has 0 aliphatic heterocycles. The van der Waals surface area contributed by atoms with Gasteiger partial charge in [-0.15, -0.1) is 0 Å². The molecule has 0 radical (unpaired) electrons. The molecule has 0 atom stereocenters. The van der Waals surface area contributed by atoms with Crippen molar-refractivity contribution in [3.05, 3.63) is 29.8 Å². The topological polar surface area (TPSA) is 55.6 Å². The minimum atomic E-state index is -0.0258. The fourth-order valence-corrected chi connectivity index (χ4v) is 1.92. The van der Waals surface area contributed by atoms with Crippen molar-refractivity contribution in [1.29, 1.82) is 0 Å². The molecule has 1 aromatic carbocycles. The van der Waals surface area contributed by atoms with Crippen LogP contribution < -0.4 is 10.5 Å². The van der Waals surface area contributed by atoms with Gasteiger partial charge < -0.3 is 15.4 Å². The number of amides is 1. The zero-order valence-electron chi connectivity index (χ0n) is 11.4. The fraction of sp³-hybridized carbons (Fsp3) is 0.429. The van der Waals surface area contributed by atoms with Crippen LogP contribution in [0.25, 0.3) is 0 Å². The molecule has 0 heterocycles. The molecule has 104 valence electrons. The Balaban J connectivity index is 2.66. The van der Waals surface area contributed by atoms with Crippen molar-refractivity contribution in [2.45, 2.75) is 20.3 Å². The summed E-state index contributed by atoms with van der Waals surface area (Å²) in [6.07, 6.45) is 0.934. The van der Waals surface area contributed by atoms with Gasteiger partial charge in [-0.1, -0.05) is 31.3 Å². The molecule has 0 fully saturated rings. The van der Waals surface area contributed by atoms with Gasteiger partial charge >= 0.3 is 0 Å². The molecule has 1 aromatic rings. The molecular weight excluding hydrogens is 260 g/mol. The van der Waals surface area contributed by atoms with Crippen molar-refractivity contribution in [1.82, 2.24) is 4.90 Å². The van der Waals surface area contributed by atoms with Gasteiger partial charge in [-0.25, -0.2) is 0 Å². The minimum absolute atomic E-state index is 0.00741. The number of ether oxygens (including phenoxy) is 1. The maximum Gasteiger partial charge on any atom is 0.260 e. The Hall–Kier alpha value is -1.62. The Morgan fingerprint density at radius 2 is 2.05 bits per heavy atom. The van der Waals surface area contributed by atoms with Crippen molar-refractivity contribution in [3.63, 3.8) is 0 Å². The van der Waals surface area contributed by atoms with E-state index < -0.39 is 0 Å². The molecule has 5 heteroatoms. The van der Waals surface area contributed by atoms with Crippen LogP contribution in [0.2, 0.25) is 0 Å². The van der Waals surface area contributed by atoms with E-state index in [1.165, 1.54) is 0 Å². The number of benzene rings is 1. The van der Waals surface area contributed by atoms with Gasteiger partial charge in [0.05, 0.1) is 5.56 Å². The third kappa shape index (κ3) is 4.52. The molecule has 0 bridgehead atoms. The first-order valence-electron chi connectivity index (χ1n) is 6.39. The SMILES string of the molecule is CCCN(CC)C(=O)COc1ccccc1C(N)=S. The first-order valence-corrected chi connectivity index (χ1v) is 6.80. The average Bonchev–Trinajstić information content (AvgIpc) is 2.42. The molecule has 0 spiro atoms. The molecule has 0 saturated carbocycles. The molecular formula is C14H20N2O2S. The van der Waals surface area contributed by atoms with Crippen LogP contribution >= 0.6 is 12.2 Å². The van der Waals surface area contributed by atoms with E-state index in [0.29, 0.717) is 17.9 Å². The Morgan fingerprint density at radius 3 is 2.63 bits per heavy atom. The summed E-state index contributed by atoms with van der Waals surface area (Å²) in [4.78, 5) is 14.0. The molecule has 1 amide bonds. The lowest BCUT2D eigenvalue weighted by molar-refractivity contribution is -0.133. The number of nitrogens with two attached hydrogens (primary N) is 1. The molecule has 0 aromatic heterocycles. The monoisotopic (exact) mass is 280 g/mol. The van der Waals surface area contributed by atoms with E-state index in [1.807, 2.05) is 26.0 Å². The quantitative estimate of drug-likeness (QED) is 0.776. The van der Waals surface area contributed by atoms with Crippen LogP contribution in [0, 0.1) is 0 Å². The Kier molecular flexibility index (Phi) is 6.29. The number of nitrogens with zero attached hydrogens (tertiary/aromatic N) is 1. The number of hydrogen-bond acceptors (Lipinski definition) is 3. The van der Waals surface area contributed by atoms with E-state index >= 15 is 0 Å². The van der Waals surface area contributed by atoms with Crippen molar-refractivity contribution in [3.8, 4) is 5.75 Å². The number of thiocarbonyl (C=S) groups is 1. The standard InChI is InChI=1S/C14H20N2O2S/c1-3-9-16(4-2)13(17)10-18-12-8-6-5-7-11(12)14(15)19/h5-8H,3-4,9-10H2,1-2H3,(H2,15,19). The van der Waals surface area contributed by atoms with Gasteiger partial charge in [0.2, 0.25) is 0 Å². The van der Waals surface area contributed by atoms with Crippen LogP contribution in [0.3, 0.4) is 0 Å². The molecule has 0 aliphatic carbocycles. The molecule has 2 N–H and O–H groups in total. The van der Waals surface area contributed by atoms with Gasteiger partial charge in [0.25, 0.3) is 5.91 Å². The number of likely N-dealkylation sites (N-methyl/N-ethyl adjacent to an activating group) is 1. The zero-order chi connectivity index (χ0) is 14.3. The van der Waals surface area contributed by atoms with E-state index in [0.717, 1.165) is 13.0 Å². The fourth-order valence-electron chi connectivity index (χ4n) is 1.76. The van der Waals surface area contributed by atoms with E-state index in [2.05, 4.69) is 0 Å². The number of hydrogen-bond donors (Lipinski definition) is 1. The Labute approximate surface area is 119 Å². The van der Waals surface area contributed by atoms with Crippen LogP contribution in [-0.2, 0) is 4.79 Å². The molecule has 0 saturated heterocycles. The zero-order valence-corrected chi connectivity index (χ0v) is 12.2. The third-order valence-corrected chi connectivity index (χ3v) is 2.95. The lowest BCUT2D eigenvalue weighted by atomic mass is 10.2. The van der Waals surface area contributed by atoms with E-state index in [-0.39, 0.29) is 17.5 Å². The van der Waals surface area contributed by atoms with Gasteiger partial charge in [-0.05, 0) is 25.5 Å². The predicted molar refractivity (Wildman–Crippen MR) is 80.4 cm³/mol. The summed E-state index contributed by atoms with van der Waals surface area (Å²) in [5.74, 6) is 0.526. The normalized spacial score (nSPS) is 10.0. The second-order valence-corrected chi connectivity index (χ2v) is 4.56. The highest BCUT2D eigenvalue weighted by molar-refractivity contribution is 7.80. The van der Waals surface area contributed by atoms with Gasteiger partial charge in [0.1, 0.15) is 10.7 Å². The Bertz CT molecular complexity index is 449. The first-order chi connectivity index (χ1) is 9.10. The third-order valence-electron chi connectivity index (χ3n) is 2.73. The molecule has 1 rings (SSSR count). The Morgan fingerprint density at radius 1 is 1.37 bits per heavy atom. The van der Waals surface area contributed by atoms with Crippen molar-refractivity contribution in [2.75, 3.05) is 19.7 Å². The second kappa shape index (κ2) is 7.74. The van der Waals surface area contributed by atoms with Crippen LogP contribution in [0.1, 0.15) is 25.8 Å². The van der Waals surface area contributed by atoms with Crippen molar-refractivity contribution >= 4 is 23.1 Å². The maximum absolute atomic E-state index is 12.0. The number of carbonyl (C=O) groups excluding carboxylic acids is 1. The number of para-hydroxylation sites is 1. The maximum atomic E-state index is 12.0. The van der Waals surface area contributed by atoms with Gasteiger partial charge in [-0.2, -0.15) is 0 Å². The predicted octanol–water partition coefficient (Wildman–Crippen LogP) is 1.96. The smallest absolute Gasteiger partial charge is 0.260 e. The summed E-state index contributed by atoms with van der Waals surface area (Å²) in [7, 11) is 0. The summed E-state index contributed by atoms with van der Waals surface area (Å²) in [5.41, 5.74) is 6.27. The highest BCUT2D eigenvalue weighted by Gasteiger charge is 2.13. The molecule has 0 unspecified atom stereocenters. The van der Waals surface area contributed by atoms with E-state index in [4.69, 9.17) is 22.7 Å². The lowest BCUT2D eigenvalue weighted by Crippen LogP contribution is -2.35. The first kappa shape index (κ1) is 15.4. The summed E-state index contributed by atoms with van der Waals surface area (Å²) in [5, 5.41) is 0. The van der Waals surface area contributed by atoms with Gasteiger partial charge in [-0.3, -0.25) is 4.79 Å². The largest absolute Gasteiger partial charge is 0.483 e. The highest BCUT2D eigenvalue weighted by Crippen LogP contribution is 2.17. The van der Waals surface area contributed by atoms with Crippen LogP contribution in [0.15, 0.2) is 24.3 Å². The summed E-state index contributed by atoms with van der Waals surface area (Å²) in [6.45, 7) is 5.44. The average molecular weight is 280 g/mol. The van der Waals surface area contributed by atoms with Crippen LogP contribution in [0.4, 0.5) is 0 Å². The van der Waals surface area contributed by atoms with E-state index in [1.54, 1.807) is 17.0 Å². The minimum Gasteiger partial charge on any atom is -0.483 e. The van der Waals surface area contributed by atoms with Crippen molar-refractivity contribution < 1.29 is 9.53 Å². The van der Waals surface area contributed by atoms with Crippen LogP contribution in [0.5, 0.6) is 5.75 Å². The molecule has 0 aliphatic rings. The second-order valence-electron chi connectivity index (χ2n) is 4.12. The van der Waals surface area contributed by atoms with Crippen LogP contribution in [-0.4, -0.2) is 35.5 Å². The number of rotatable bonds is 7. The molecule has 19 heavy (non-hydrogen) atoms. The summed E-state index contributed by atoms with van der Waals surface area (Å²) < 4.78 is 5.53. The van der Waals surface area contributed by atoms with Crippen molar-refractivity contribution in [2.24, 2.45) is 5.73 Å². The summed E-state index contributed by atoms with van der Waals surface area (Å²) in [6, 6.07) is 7.20. The lowest BCUT2D eigenvalue weighted by Gasteiger charge is -2.20. The number of carbonyl (C=O) groups is 1. The van der Waals surface area contributed by atoms with E-state index in [9.17, 15) is 4.79 Å². The highest BCUT2D eigenvalue weighted by atomic mass is 32.1.